The molecule has 25 heavy (non-hydrogen) atoms. The molecule has 2 unspecified atom stereocenters. The van der Waals surface area contributed by atoms with Gasteiger partial charge in [0.05, 0.1) is 25.4 Å². The second-order valence-electron chi connectivity index (χ2n) is 5.89. The molecule has 0 aromatic heterocycles. The number of hydrogen-bond acceptors (Lipinski definition) is 5. The first-order valence-electron chi connectivity index (χ1n) is 8.10. The molecule has 0 fully saturated rings. The van der Waals surface area contributed by atoms with Crippen molar-refractivity contribution in [3.63, 3.8) is 0 Å². The monoisotopic (exact) mass is 344 g/mol. The van der Waals surface area contributed by atoms with Crippen LogP contribution in [0.1, 0.15) is 24.1 Å². The van der Waals surface area contributed by atoms with Gasteiger partial charge >= 0.3 is 0 Å². The van der Waals surface area contributed by atoms with Crippen molar-refractivity contribution in [3.8, 4) is 11.5 Å². The van der Waals surface area contributed by atoms with Gasteiger partial charge in [0.25, 0.3) is 0 Å². The van der Waals surface area contributed by atoms with Crippen molar-refractivity contribution in [2.75, 3.05) is 19.0 Å². The summed E-state index contributed by atoms with van der Waals surface area (Å²) in [5.41, 5.74) is 2.26. The Bertz CT molecular complexity index is 688. The maximum atomic E-state index is 10.6. The predicted octanol–water partition coefficient (Wildman–Crippen LogP) is 2.22. The van der Waals surface area contributed by atoms with Gasteiger partial charge in [-0.25, -0.2) is 0 Å². The number of nitrogens with one attached hydrogen (secondary N) is 2. The predicted molar refractivity (Wildman–Crippen MR) is 96.9 cm³/mol. The molecule has 2 atom stereocenters. The van der Waals surface area contributed by atoms with Crippen molar-refractivity contribution in [2.45, 2.75) is 25.4 Å². The SMILES string of the molecule is COc1ccc(CC(C)NC(CO)c2ccc(O)c(NC=O)c2)cc1. The number of anilines is 1. The van der Waals surface area contributed by atoms with Gasteiger partial charge in [-0.05, 0) is 48.7 Å². The van der Waals surface area contributed by atoms with E-state index in [9.17, 15) is 15.0 Å². The topological polar surface area (TPSA) is 90.8 Å². The molecule has 0 spiro atoms. The van der Waals surface area contributed by atoms with Crippen molar-refractivity contribution in [1.29, 1.82) is 0 Å². The summed E-state index contributed by atoms with van der Waals surface area (Å²) in [4.78, 5) is 10.6. The van der Waals surface area contributed by atoms with E-state index in [-0.39, 0.29) is 24.4 Å². The zero-order valence-electron chi connectivity index (χ0n) is 14.4. The number of ether oxygens (including phenoxy) is 1. The summed E-state index contributed by atoms with van der Waals surface area (Å²) in [6.45, 7) is 1.94. The maximum Gasteiger partial charge on any atom is 0.211 e. The molecule has 0 aliphatic carbocycles. The van der Waals surface area contributed by atoms with Crippen molar-refractivity contribution in [3.05, 3.63) is 53.6 Å². The molecule has 4 N–H and O–H groups in total. The number of aliphatic hydroxyl groups excluding tert-OH is 1. The Balaban J connectivity index is 2.04. The fraction of sp³-hybridized carbons (Fsp3) is 0.316. The highest BCUT2D eigenvalue weighted by atomic mass is 16.5. The number of phenols is 1. The molecule has 0 aliphatic heterocycles. The summed E-state index contributed by atoms with van der Waals surface area (Å²) in [5.74, 6) is 0.802. The number of methoxy groups -OCH3 is 1. The van der Waals surface area contributed by atoms with Crippen LogP contribution in [0.25, 0.3) is 0 Å². The van der Waals surface area contributed by atoms with Crippen LogP contribution >= 0.6 is 0 Å². The Morgan fingerprint density at radius 1 is 1.20 bits per heavy atom. The lowest BCUT2D eigenvalue weighted by Gasteiger charge is -2.23. The second kappa shape index (κ2) is 9.05. The van der Waals surface area contributed by atoms with Crippen molar-refractivity contribution < 1.29 is 19.7 Å². The first kappa shape index (κ1) is 18.8. The fourth-order valence-corrected chi connectivity index (χ4v) is 2.72. The van der Waals surface area contributed by atoms with Crippen molar-refractivity contribution >= 4 is 12.1 Å². The minimum atomic E-state index is -0.305. The third-order valence-corrected chi connectivity index (χ3v) is 4.01. The summed E-state index contributed by atoms with van der Waals surface area (Å²) in [7, 11) is 1.64. The molecule has 6 nitrogen and oxygen atoms in total. The van der Waals surface area contributed by atoms with Crippen LogP contribution in [-0.2, 0) is 11.2 Å². The number of phenolic OH excluding ortho intramolecular Hbond substituents is 1. The van der Waals surface area contributed by atoms with Gasteiger partial charge in [-0.15, -0.1) is 0 Å². The van der Waals surface area contributed by atoms with Crippen LogP contribution in [0.2, 0.25) is 0 Å². The minimum absolute atomic E-state index is 0.0150. The number of carbonyl (C=O) groups excluding carboxylic acids is 1. The number of benzene rings is 2. The zero-order valence-corrected chi connectivity index (χ0v) is 14.4. The van der Waals surface area contributed by atoms with E-state index in [0.717, 1.165) is 23.3 Å². The van der Waals surface area contributed by atoms with Crippen LogP contribution in [0.4, 0.5) is 5.69 Å². The number of carbonyl (C=O) groups is 1. The molecule has 2 rings (SSSR count). The number of hydrogen-bond donors (Lipinski definition) is 4. The van der Waals surface area contributed by atoms with E-state index in [4.69, 9.17) is 4.74 Å². The highest BCUT2D eigenvalue weighted by Crippen LogP contribution is 2.27. The van der Waals surface area contributed by atoms with Gasteiger partial charge in [-0.2, -0.15) is 0 Å². The van der Waals surface area contributed by atoms with Gasteiger partial charge in [0.1, 0.15) is 11.5 Å². The lowest BCUT2D eigenvalue weighted by atomic mass is 10.0. The summed E-state index contributed by atoms with van der Waals surface area (Å²) >= 11 is 0. The summed E-state index contributed by atoms with van der Waals surface area (Å²) < 4.78 is 5.15. The number of aromatic hydroxyl groups is 1. The zero-order chi connectivity index (χ0) is 18.2. The van der Waals surface area contributed by atoms with Crippen LogP contribution < -0.4 is 15.4 Å². The van der Waals surface area contributed by atoms with E-state index in [1.807, 2.05) is 31.2 Å². The van der Waals surface area contributed by atoms with Gasteiger partial charge in [-0.1, -0.05) is 18.2 Å². The molecular weight excluding hydrogens is 320 g/mol. The molecule has 0 saturated heterocycles. The Labute approximate surface area is 147 Å². The lowest BCUT2D eigenvalue weighted by Crippen LogP contribution is -2.34. The average molecular weight is 344 g/mol. The first-order valence-corrected chi connectivity index (χ1v) is 8.10. The smallest absolute Gasteiger partial charge is 0.211 e. The summed E-state index contributed by atoms with van der Waals surface area (Å²) in [6.07, 6.45) is 1.30. The van der Waals surface area contributed by atoms with Crippen LogP contribution in [0.3, 0.4) is 0 Å². The van der Waals surface area contributed by atoms with Crippen LogP contribution in [0.15, 0.2) is 42.5 Å². The van der Waals surface area contributed by atoms with Crippen LogP contribution in [0.5, 0.6) is 11.5 Å². The summed E-state index contributed by atoms with van der Waals surface area (Å²) in [6, 6.07) is 12.5. The Morgan fingerprint density at radius 2 is 1.92 bits per heavy atom. The highest BCUT2D eigenvalue weighted by molar-refractivity contribution is 5.75. The highest BCUT2D eigenvalue weighted by Gasteiger charge is 2.15. The third-order valence-electron chi connectivity index (χ3n) is 4.01. The normalized spacial score (nSPS) is 13.1. The molecule has 0 aliphatic rings. The van der Waals surface area contributed by atoms with Gasteiger partial charge in [0.15, 0.2) is 0 Å². The fourth-order valence-electron chi connectivity index (χ4n) is 2.72. The molecule has 1 amide bonds. The number of rotatable bonds is 9. The van der Waals surface area contributed by atoms with Crippen molar-refractivity contribution in [2.24, 2.45) is 0 Å². The van der Waals surface area contributed by atoms with Gasteiger partial charge in [0.2, 0.25) is 6.41 Å². The van der Waals surface area contributed by atoms with Gasteiger partial charge in [0, 0.05) is 6.04 Å². The molecular formula is C19H24N2O4. The van der Waals surface area contributed by atoms with E-state index < -0.39 is 0 Å². The Hall–Kier alpha value is -2.57. The molecule has 134 valence electrons. The van der Waals surface area contributed by atoms with Crippen LogP contribution in [0, 0.1) is 0 Å². The first-order chi connectivity index (χ1) is 12.1. The largest absolute Gasteiger partial charge is 0.506 e. The van der Waals surface area contributed by atoms with Gasteiger partial charge < -0.3 is 25.6 Å². The molecule has 0 bridgehead atoms. The Kier molecular flexibility index (Phi) is 6.80. The van der Waals surface area contributed by atoms with E-state index in [2.05, 4.69) is 10.6 Å². The molecule has 2 aromatic rings. The van der Waals surface area contributed by atoms with E-state index >= 15 is 0 Å². The third kappa shape index (κ3) is 5.20. The standard InChI is InChI=1S/C19H24N2O4/c1-13(9-14-3-6-16(25-2)7-4-14)21-18(11-22)15-5-8-19(24)17(10-15)20-12-23/h3-8,10,12-13,18,21-22,24H,9,11H2,1-2H3,(H,20,23). The molecule has 6 heteroatoms. The Morgan fingerprint density at radius 3 is 2.52 bits per heavy atom. The number of aliphatic hydroxyl groups is 1. The summed E-state index contributed by atoms with van der Waals surface area (Å²) in [5, 5.41) is 25.3. The average Bonchev–Trinajstić information content (AvgIpc) is 2.62. The van der Waals surface area contributed by atoms with E-state index in [0.29, 0.717) is 12.1 Å². The molecule has 0 radical (unpaired) electrons. The quantitative estimate of drug-likeness (QED) is 0.414. The second-order valence-corrected chi connectivity index (χ2v) is 5.89. The molecule has 0 heterocycles. The maximum absolute atomic E-state index is 10.6. The van der Waals surface area contributed by atoms with Gasteiger partial charge in [-0.3, -0.25) is 4.79 Å². The van der Waals surface area contributed by atoms with E-state index in [1.54, 1.807) is 19.2 Å². The molecule has 0 saturated carbocycles. The number of amides is 1. The van der Waals surface area contributed by atoms with Crippen molar-refractivity contribution in [1.82, 2.24) is 5.32 Å². The van der Waals surface area contributed by atoms with E-state index in [1.165, 1.54) is 6.07 Å². The lowest BCUT2D eigenvalue weighted by molar-refractivity contribution is -0.105. The minimum Gasteiger partial charge on any atom is -0.506 e. The molecule has 2 aromatic carbocycles. The van der Waals surface area contributed by atoms with Crippen LogP contribution in [-0.4, -0.2) is 36.4 Å².